The summed E-state index contributed by atoms with van der Waals surface area (Å²) < 4.78 is 25.9. The minimum absolute atomic E-state index is 0.0344. The van der Waals surface area contributed by atoms with Crippen molar-refractivity contribution >= 4 is 21.7 Å². The van der Waals surface area contributed by atoms with Gasteiger partial charge >= 0.3 is 0 Å². The number of hydrogen-bond donors (Lipinski definition) is 0. The van der Waals surface area contributed by atoms with Gasteiger partial charge in [-0.25, -0.2) is 4.98 Å². The highest BCUT2D eigenvalue weighted by Crippen LogP contribution is 2.13. The molecule has 0 saturated heterocycles. The molecule has 1 heterocycles. The molecule has 0 amide bonds. The molecule has 0 bridgehead atoms. The zero-order chi connectivity index (χ0) is 11.5. The standard InChI is InChI=1S/C8H7ClN2O3S/c1-15(12,13)14-5-7-3-2-6(4-10)8(9)11-7/h2-3H,5H2,1H3. The fourth-order valence-electron chi connectivity index (χ4n) is 0.803. The lowest BCUT2D eigenvalue weighted by Crippen LogP contribution is -2.04. The monoisotopic (exact) mass is 246 g/mol. The summed E-state index contributed by atoms with van der Waals surface area (Å²) in [5.74, 6) is 0. The van der Waals surface area contributed by atoms with Crippen molar-refractivity contribution in [1.82, 2.24) is 4.98 Å². The van der Waals surface area contributed by atoms with Gasteiger partial charge in [0.15, 0.2) is 0 Å². The molecule has 0 unspecified atom stereocenters. The van der Waals surface area contributed by atoms with Crippen LogP contribution in [0.15, 0.2) is 12.1 Å². The van der Waals surface area contributed by atoms with E-state index in [1.165, 1.54) is 12.1 Å². The zero-order valence-corrected chi connectivity index (χ0v) is 9.34. The van der Waals surface area contributed by atoms with Crippen molar-refractivity contribution in [3.05, 3.63) is 28.5 Å². The first-order valence-corrected chi connectivity index (χ1v) is 6.02. The van der Waals surface area contributed by atoms with Crippen LogP contribution >= 0.6 is 11.6 Å². The van der Waals surface area contributed by atoms with E-state index < -0.39 is 10.1 Å². The van der Waals surface area contributed by atoms with Crippen LogP contribution in [0.5, 0.6) is 0 Å². The highest BCUT2D eigenvalue weighted by Gasteiger charge is 2.06. The summed E-state index contributed by atoms with van der Waals surface area (Å²) in [6.07, 6.45) is 0.943. The zero-order valence-electron chi connectivity index (χ0n) is 7.77. The smallest absolute Gasteiger partial charge is 0.264 e. The third kappa shape index (κ3) is 3.83. The Morgan fingerprint density at radius 3 is 2.73 bits per heavy atom. The molecule has 1 aromatic heterocycles. The lowest BCUT2D eigenvalue weighted by Gasteiger charge is -2.01. The summed E-state index contributed by atoms with van der Waals surface area (Å²) in [4.78, 5) is 3.80. The summed E-state index contributed by atoms with van der Waals surface area (Å²) >= 11 is 5.64. The number of aromatic nitrogens is 1. The quantitative estimate of drug-likeness (QED) is 0.589. The summed E-state index contributed by atoms with van der Waals surface area (Å²) in [6.45, 7) is -0.190. The molecular weight excluding hydrogens is 240 g/mol. The second kappa shape index (κ2) is 4.57. The van der Waals surface area contributed by atoms with Gasteiger partial charge in [0.25, 0.3) is 10.1 Å². The van der Waals surface area contributed by atoms with E-state index in [0.717, 1.165) is 6.26 Å². The van der Waals surface area contributed by atoms with Gasteiger partial charge < -0.3 is 0 Å². The molecule has 0 aliphatic heterocycles. The van der Waals surface area contributed by atoms with E-state index in [1.54, 1.807) is 0 Å². The second-order valence-corrected chi connectivity index (χ2v) is 4.72. The Labute approximate surface area is 92.4 Å². The lowest BCUT2D eigenvalue weighted by molar-refractivity contribution is 0.307. The first-order chi connectivity index (χ1) is 6.92. The average molecular weight is 247 g/mol. The van der Waals surface area contributed by atoms with Crippen molar-refractivity contribution in [2.45, 2.75) is 6.61 Å². The van der Waals surface area contributed by atoms with Crippen molar-refractivity contribution in [1.29, 1.82) is 5.26 Å². The van der Waals surface area contributed by atoms with Crippen LogP contribution in [0.2, 0.25) is 5.15 Å². The van der Waals surface area contributed by atoms with Gasteiger partial charge in [0.05, 0.1) is 17.5 Å². The summed E-state index contributed by atoms with van der Waals surface area (Å²) in [7, 11) is -3.50. The van der Waals surface area contributed by atoms with Crippen molar-refractivity contribution in [3.8, 4) is 6.07 Å². The van der Waals surface area contributed by atoms with Gasteiger partial charge in [-0.2, -0.15) is 13.7 Å². The predicted molar refractivity (Wildman–Crippen MR) is 53.6 cm³/mol. The SMILES string of the molecule is CS(=O)(=O)OCc1ccc(C#N)c(Cl)n1. The van der Waals surface area contributed by atoms with Crippen LogP contribution in [-0.4, -0.2) is 19.7 Å². The van der Waals surface area contributed by atoms with Crippen LogP contribution in [0.4, 0.5) is 0 Å². The Kier molecular flexibility index (Phi) is 3.63. The van der Waals surface area contributed by atoms with E-state index in [2.05, 4.69) is 9.17 Å². The number of halogens is 1. The van der Waals surface area contributed by atoms with E-state index in [1.807, 2.05) is 6.07 Å². The molecule has 0 N–H and O–H groups in total. The Morgan fingerprint density at radius 2 is 2.27 bits per heavy atom. The predicted octanol–water partition coefficient (Wildman–Crippen LogP) is 1.08. The van der Waals surface area contributed by atoms with Gasteiger partial charge in [0, 0.05) is 0 Å². The normalized spacial score (nSPS) is 11.0. The molecule has 5 nitrogen and oxygen atoms in total. The fourth-order valence-corrected chi connectivity index (χ4v) is 1.35. The number of nitrogens with zero attached hydrogens (tertiary/aromatic N) is 2. The highest BCUT2D eigenvalue weighted by atomic mass is 35.5. The third-order valence-corrected chi connectivity index (χ3v) is 2.28. The molecule has 1 aromatic rings. The highest BCUT2D eigenvalue weighted by molar-refractivity contribution is 7.85. The number of pyridine rings is 1. The minimum atomic E-state index is -3.50. The molecule has 0 aromatic carbocycles. The Bertz CT molecular complexity index is 507. The van der Waals surface area contributed by atoms with Crippen LogP contribution in [-0.2, 0) is 20.9 Å². The third-order valence-electron chi connectivity index (χ3n) is 1.45. The Balaban J connectivity index is 2.82. The first kappa shape index (κ1) is 11.9. The molecule has 15 heavy (non-hydrogen) atoms. The first-order valence-electron chi connectivity index (χ1n) is 3.82. The molecule has 0 spiro atoms. The molecule has 0 saturated carbocycles. The molecule has 1 rings (SSSR count). The number of rotatable bonds is 3. The van der Waals surface area contributed by atoms with Gasteiger partial charge in [-0.1, -0.05) is 11.6 Å². The summed E-state index contributed by atoms with van der Waals surface area (Å²) in [5, 5.41) is 8.60. The van der Waals surface area contributed by atoms with Crippen LogP contribution in [0.1, 0.15) is 11.3 Å². The molecule has 7 heteroatoms. The lowest BCUT2D eigenvalue weighted by atomic mass is 10.3. The molecule has 0 fully saturated rings. The van der Waals surface area contributed by atoms with Gasteiger partial charge in [0.2, 0.25) is 0 Å². The van der Waals surface area contributed by atoms with Gasteiger partial charge in [-0.15, -0.1) is 0 Å². The van der Waals surface area contributed by atoms with E-state index in [-0.39, 0.29) is 17.3 Å². The second-order valence-electron chi connectivity index (χ2n) is 2.72. The van der Waals surface area contributed by atoms with Crippen LogP contribution in [0.3, 0.4) is 0 Å². The molecular formula is C8H7ClN2O3S. The molecule has 0 atom stereocenters. The maximum Gasteiger partial charge on any atom is 0.264 e. The molecule has 0 aliphatic rings. The van der Waals surface area contributed by atoms with Crippen LogP contribution < -0.4 is 0 Å². The van der Waals surface area contributed by atoms with Crippen molar-refractivity contribution in [3.63, 3.8) is 0 Å². The van der Waals surface area contributed by atoms with Crippen LogP contribution in [0, 0.1) is 11.3 Å². The maximum atomic E-state index is 10.7. The van der Waals surface area contributed by atoms with E-state index in [0.29, 0.717) is 5.69 Å². The summed E-state index contributed by atoms with van der Waals surface area (Å²) in [6, 6.07) is 4.78. The van der Waals surface area contributed by atoms with Gasteiger partial charge in [-0.3, -0.25) is 4.18 Å². The van der Waals surface area contributed by atoms with Crippen molar-refractivity contribution in [2.75, 3.05) is 6.26 Å². The summed E-state index contributed by atoms with van der Waals surface area (Å²) in [5.41, 5.74) is 0.587. The van der Waals surface area contributed by atoms with E-state index in [4.69, 9.17) is 16.9 Å². The van der Waals surface area contributed by atoms with Crippen molar-refractivity contribution < 1.29 is 12.6 Å². The molecule has 80 valence electrons. The fraction of sp³-hybridized carbons (Fsp3) is 0.250. The number of nitriles is 1. The maximum absolute atomic E-state index is 10.7. The molecule has 0 aliphatic carbocycles. The number of hydrogen-bond acceptors (Lipinski definition) is 5. The topological polar surface area (TPSA) is 80.0 Å². The van der Waals surface area contributed by atoms with E-state index >= 15 is 0 Å². The van der Waals surface area contributed by atoms with Crippen molar-refractivity contribution in [2.24, 2.45) is 0 Å². The van der Waals surface area contributed by atoms with Crippen LogP contribution in [0.25, 0.3) is 0 Å². The Morgan fingerprint density at radius 1 is 1.60 bits per heavy atom. The Hall–Kier alpha value is -1.16. The molecule has 0 radical (unpaired) electrons. The van der Waals surface area contributed by atoms with Gasteiger partial charge in [0.1, 0.15) is 17.8 Å². The average Bonchev–Trinajstić information content (AvgIpc) is 2.14. The van der Waals surface area contributed by atoms with E-state index in [9.17, 15) is 8.42 Å². The minimum Gasteiger partial charge on any atom is -0.264 e. The van der Waals surface area contributed by atoms with Gasteiger partial charge in [-0.05, 0) is 12.1 Å². The largest absolute Gasteiger partial charge is 0.264 e.